The van der Waals surface area contributed by atoms with E-state index in [0.717, 1.165) is 25.7 Å². The van der Waals surface area contributed by atoms with Crippen LogP contribution in [0.2, 0.25) is 0 Å². The number of anilines is 1. The highest BCUT2D eigenvalue weighted by Gasteiger charge is 2.32. The first-order chi connectivity index (χ1) is 9.67. The number of nitriles is 1. The molecular weight excluding hydrogens is 254 g/mol. The SMILES string of the molecule is N#Cc1cccc(NC(=O)CNC2(CO)CCCC2)c1. The second-order valence-electron chi connectivity index (χ2n) is 5.24. The molecule has 106 valence electrons. The van der Waals surface area contributed by atoms with Gasteiger partial charge in [0.15, 0.2) is 0 Å². The topological polar surface area (TPSA) is 85.2 Å². The maximum atomic E-state index is 11.9. The third kappa shape index (κ3) is 3.56. The molecule has 0 bridgehead atoms. The van der Waals surface area contributed by atoms with Crippen molar-refractivity contribution in [2.75, 3.05) is 18.5 Å². The van der Waals surface area contributed by atoms with Crippen LogP contribution in [-0.4, -0.2) is 29.7 Å². The van der Waals surface area contributed by atoms with Crippen LogP contribution < -0.4 is 10.6 Å². The molecule has 20 heavy (non-hydrogen) atoms. The summed E-state index contributed by atoms with van der Waals surface area (Å²) in [5, 5.41) is 24.2. The molecule has 1 aliphatic rings. The summed E-state index contributed by atoms with van der Waals surface area (Å²) < 4.78 is 0. The van der Waals surface area contributed by atoms with E-state index >= 15 is 0 Å². The van der Waals surface area contributed by atoms with Gasteiger partial charge < -0.3 is 15.7 Å². The Morgan fingerprint density at radius 1 is 1.40 bits per heavy atom. The third-order valence-electron chi connectivity index (χ3n) is 3.76. The minimum absolute atomic E-state index is 0.0597. The minimum atomic E-state index is -0.300. The van der Waals surface area contributed by atoms with E-state index in [2.05, 4.69) is 10.6 Å². The molecule has 0 radical (unpaired) electrons. The van der Waals surface area contributed by atoms with Crippen molar-refractivity contribution in [1.29, 1.82) is 5.26 Å². The number of amides is 1. The molecule has 1 amide bonds. The second kappa shape index (κ2) is 6.51. The molecule has 0 unspecified atom stereocenters. The Morgan fingerprint density at radius 2 is 2.15 bits per heavy atom. The van der Waals surface area contributed by atoms with E-state index in [0.29, 0.717) is 11.3 Å². The normalized spacial score (nSPS) is 16.6. The average molecular weight is 273 g/mol. The van der Waals surface area contributed by atoms with Gasteiger partial charge in [-0.05, 0) is 31.0 Å². The summed E-state index contributed by atoms with van der Waals surface area (Å²) in [6.07, 6.45) is 3.97. The van der Waals surface area contributed by atoms with Crippen molar-refractivity contribution in [2.45, 2.75) is 31.2 Å². The number of rotatable bonds is 5. The van der Waals surface area contributed by atoms with E-state index in [1.54, 1.807) is 24.3 Å². The highest BCUT2D eigenvalue weighted by atomic mass is 16.3. The van der Waals surface area contributed by atoms with Gasteiger partial charge in [0.1, 0.15) is 0 Å². The highest BCUT2D eigenvalue weighted by molar-refractivity contribution is 5.92. The second-order valence-corrected chi connectivity index (χ2v) is 5.24. The minimum Gasteiger partial charge on any atom is -0.394 e. The lowest BCUT2D eigenvalue weighted by Gasteiger charge is -2.27. The predicted octanol–water partition coefficient (Wildman–Crippen LogP) is 1.39. The molecule has 3 N–H and O–H groups in total. The molecule has 1 aliphatic carbocycles. The largest absolute Gasteiger partial charge is 0.394 e. The van der Waals surface area contributed by atoms with Crippen LogP contribution in [0.3, 0.4) is 0 Å². The van der Waals surface area contributed by atoms with Crippen molar-refractivity contribution in [2.24, 2.45) is 0 Å². The van der Waals surface area contributed by atoms with E-state index in [-0.39, 0.29) is 24.6 Å². The molecule has 1 aromatic rings. The number of carbonyl (C=O) groups excluding carboxylic acids is 1. The number of hydrogen-bond donors (Lipinski definition) is 3. The van der Waals surface area contributed by atoms with Gasteiger partial charge in [-0.2, -0.15) is 5.26 Å². The summed E-state index contributed by atoms with van der Waals surface area (Å²) in [5.41, 5.74) is 0.824. The zero-order valence-corrected chi connectivity index (χ0v) is 11.4. The van der Waals surface area contributed by atoms with E-state index in [9.17, 15) is 9.90 Å². The van der Waals surface area contributed by atoms with Gasteiger partial charge in [0.25, 0.3) is 0 Å². The maximum absolute atomic E-state index is 11.9. The van der Waals surface area contributed by atoms with Gasteiger partial charge in [0, 0.05) is 11.2 Å². The first-order valence-corrected chi connectivity index (χ1v) is 6.83. The van der Waals surface area contributed by atoms with Crippen LogP contribution in [0.1, 0.15) is 31.2 Å². The van der Waals surface area contributed by atoms with Gasteiger partial charge >= 0.3 is 0 Å². The van der Waals surface area contributed by atoms with Crippen LogP contribution in [0.25, 0.3) is 0 Å². The van der Waals surface area contributed by atoms with Crippen molar-refractivity contribution < 1.29 is 9.90 Å². The van der Waals surface area contributed by atoms with Crippen molar-refractivity contribution in [3.63, 3.8) is 0 Å². The van der Waals surface area contributed by atoms with Gasteiger partial charge in [-0.15, -0.1) is 0 Å². The molecule has 0 atom stereocenters. The lowest BCUT2D eigenvalue weighted by molar-refractivity contribution is -0.115. The summed E-state index contributed by atoms with van der Waals surface area (Å²) in [6, 6.07) is 8.83. The Labute approximate surface area is 118 Å². The van der Waals surface area contributed by atoms with E-state index in [4.69, 9.17) is 5.26 Å². The highest BCUT2D eigenvalue weighted by Crippen LogP contribution is 2.28. The Bertz CT molecular complexity index is 516. The van der Waals surface area contributed by atoms with Crippen LogP contribution in [-0.2, 0) is 4.79 Å². The zero-order valence-electron chi connectivity index (χ0n) is 11.4. The van der Waals surface area contributed by atoms with Crippen LogP contribution in [0.4, 0.5) is 5.69 Å². The van der Waals surface area contributed by atoms with E-state index in [1.807, 2.05) is 6.07 Å². The molecule has 0 aromatic heterocycles. The molecule has 0 saturated heterocycles. The van der Waals surface area contributed by atoms with Gasteiger partial charge in [0.05, 0.1) is 24.8 Å². The number of carbonyl (C=O) groups is 1. The molecular formula is C15H19N3O2. The number of hydrogen-bond acceptors (Lipinski definition) is 4. The summed E-state index contributed by atoms with van der Waals surface area (Å²) in [6.45, 7) is 0.224. The average Bonchev–Trinajstić information content (AvgIpc) is 2.95. The zero-order chi connectivity index (χ0) is 14.4. The molecule has 1 aromatic carbocycles. The van der Waals surface area contributed by atoms with Gasteiger partial charge in [-0.1, -0.05) is 18.9 Å². The molecule has 0 aliphatic heterocycles. The van der Waals surface area contributed by atoms with Crippen molar-refractivity contribution >= 4 is 11.6 Å². The number of aliphatic hydroxyl groups is 1. The molecule has 1 fully saturated rings. The number of nitrogens with one attached hydrogen (secondary N) is 2. The molecule has 0 heterocycles. The molecule has 5 heteroatoms. The summed E-state index contributed by atoms with van der Waals surface area (Å²) in [4.78, 5) is 11.9. The molecule has 0 spiro atoms. The fourth-order valence-electron chi connectivity index (χ4n) is 2.58. The van der Waals surface area contributed by atoms with Crippen molar-refractivity contribution in [1.82, 2.24) is 5.32 Å². The van der Waals surface area contributed by atoms with Gasteiger partial charge in [-0.25, -0.2) is 0 Å². The van der Waals surface area contributed by atoms with Crippen LogP contribution in [0.5, 0.6) is 0 Å². The van der Waals surface area contributed by atoms with Crippen molar-refractivity contribution in [3.8, 4) is 6.07 Å². The lowest BCUT2D eigenvalue weighted by atomic mass is 9.99. The Hall–Kier alpha value is -1.90. The maximum Gasteiger partial charge on any atom is 0.238 e. The van der Waals surface area contributed by atoms with Gasteiger partial charge in [-0.3, -0.25) is 4.79 Å². The van der Waals surface area contributed by atoms with E-state index in [1.165, 1.54) is 0 Å². The first-order valence-electron chi connectivity index (χ1n) is 6.83. The molecule has 1 saturated carbocycles. The van der Waals surface area contributed by atoms with Crippen LogP contribution in [0, 0.1) is 11.3 Å². The van der Waals surface area contributed by atoms with Crippen LogP contribution >= 0.6 is 0 Å². The summed E-state index contributed by atoms with van der Waals surface area (Å²) in [5.74, 6) is -0.167. The molecule has 2 rings (SSSR count). The van der Waals surface area contributed by atoms with Crippen LogP contribution in [0.15, 0.2) is 24.3 Å². The summed E-state index contributed by atoms with van der Waals surface area (Å²) >= 11 is 0. The van der Waals surface area contributed by atoms with Gasteiger partial charge in [0.2, 0.25) is 5.91 Å². The number of aliphatic hydroxyl groups excluding tert-OH is 1. The number of nitrogens with zero attached hydrogens (tertiary/aromatic N) is 1. The Morgan fingerprint density at radius 3 is 2.80 bits per heavy atom. The third-order valence-corrected chi connectivity index (χ3v) is 3.76. The van der Waals surface area contributed by atoms with E-state index < -0.39 is 0 Å². The smallest absolute Gasteiger partial charge is 0.238 e. The Kier molecular flexibility index (Phi) is 4.72. The first kappa shape index (κ1) is 14.5. The lowest BCUT2D eigenvalue weighted by Crippen LogP contribution is -2.49. The summed E-state index contributed by atoms with van der Waals surface area (Å²) in [7, 11) is 0. The molecule has 5 nitrogen and oxygen atoms in total. The number of benzene rings is 1. The monoisotopic (exact) mass is 273 g/mol. The quantitative estimate of drug-likeness (QED) is 0.757. The standard InChI is InChI=1S/C15H19N3O2/c16-9-12-4-3-5-13(8-12)18-14(20)10-17-15(11-19)6-1-2-7-15/h3-5,8,17,19H,1-2,6-7,10-11H2,(H,18,20). The fourth-order valence-corrected chi connectivity index (χ4v) is 2.58. The van der Waals surface area contributed by atoms with Crippen molar-refractivity contribution in [3.05, 3.63) is 29.8 Å². The Balaban J connectivity index is 1.87. The predicted molar refractivity (Wildman–Crippen MR) is 76.1 cm³/mol. The fraction of sp³-hybridized carbons (Fsp3) is 0.467.